The molecule has 0 bridgehead atoms. The molecule has 0 aromatic heterocycles. The molecule has 1 rings (SSSR count). The van der Waals surface area contributed by atoms with Crippen LogP contribution in [0.25, 0.3) is 0 Å². The molecule has 0 fully saturated rings. The first kappa shape index (κ1) is 9.93. The maximum atomic E-state index is 11.2. The Labute approximate surface area is 78.8 Å². The number of ketones is 1. The number of carbonyl (C=O) groups excluding carboxylic acids is 1. The smallest absolute Gasteiger partial charge is 0.160 e. The van der Waals surface area contributed by atoms with Gasteiger partial charge >= 0.3 is 0 Å². The van der Waals surface area contributed by atoms with E-state index in [1.54, 1.807) is 6.92 Å². The largest absolute Gasteiger partial charge is 0.330 e. The number of carbonyl (C=O) groups is 1. The second-order valence-electron chi connectivity index (χ2n) is 3.26. The maximum Gasteiger partial charge on any atom is 0.160 e. The second kappa shape index (κ2) is 4.19. The number of nitrogens with two attached hydrogens (primary N) is 1. The van der Waals surface area contributed by atoms with Crippen LogP contribution in [-0.4, -0.2) is 12.3 Å². The van der Waals surface area contributed by atoms with Crippen molar-refractivity contribution in [3.63, 3.8) is 0 Å². The van der Waals surface area contributed by atoms with Gasteiger partial charge in [0.15, 0.2) is 5.78 Å². The van der Waals surface area contributed by atoms with Crippen LogP contribution in [0.5, 0.6) is 0 Å². The third-order valence-corrected chi connectivity index (χ3v) is 2.05. The zero-order valence-electron chi connectivity index (χ0n) is 8.13. The minimum atomic E-state index is 0.114. The molecule has 0 saturated carbocycles. The Hall–Kier alpha value is -1.15. The van der Waals surface area contributed by atoms with Crippen LogP contribution in [0.3, 0.4) is 0 Å². The minimum Gasteiger partial charge on any atom is -0.330 e. The molecule has 0 atom stereocenters. The highest BCUT2D eigenvalue weighted by atomic mass is 16.1. The number of benzene rings is 1. The summed E-state index contributed by atoms with van der Waals surface area (Å²) in [6.07, 6.45) is 0.774. The normalized spacial score (nSPS) is 10.1. The Morgan fingerprint density at radius 2 is 2.15 bits per heavy atom. The van der Waals surface area contributed by atoms with Crippen LogP contribution in [0.1, 0.15) is 28.4 Å². The summed E-state index contributed by atoms with van der Waals surface area (Å²) in [4.78, 5) is 11.2. The summed E-state index contributed by atoms with van der Waals surface area (Å²) < 4.78 is 0. The highest BCUT2D eigenvalue weighted by Gasteiger charge is 2.05. The zero-order valence-corrected chi connectivity index (χ0v) is 8.13. The molecular weight excluding hydrogens is 162 g/mol. The Bertz CT molecular complexity index is 318. The van der Waals surface area contributed by atoms with E-state index >= 15 is 0 Å². The molecule has 0 amide bonds. The van der Waals surface area contributed by atoms with Crippen LogP contribution in [0.2, 0.25) is 0 Å². The van der Waals surface area contributed by atoms with Crippen molar-refractivity contribution in [2.45, 2.75) is 20.3 Å². The van der Waals surface area contributed by atoms with Crippen LogP contribution in [0, 0.1) is 6.92 Å². The van der Waals surface area contributed by atoms with Crippen molar-refractivity contribution in [2.75, 3.05) is 6.54 Å². The maximum absolute atomic E-state index is 11.2. The summed E-state index contributed by atoms with van der Waals surface area (Å²) in [7, 11) is 0. The quantitative estimate of drug-likeness (QED) is 0.714. The fraction of sp³-hybridized carbons (Fsp3) is 0.364. The van der Waals surface area contributed by atoms with Gasteiger partial charge in [-0.25, -0.2) is 0 Å². The lowest BCUT2D eigenvalue weighted by Crippen LogP contribution is -2.07. The van der Waals surface area contributed by atoms with E-state index in [0.717, 1.165) is 17.5 Å². The standard InChI is InChI=1S/C11H15NO/c1-8-3-4-11(9(2)13)10(7-8)5-6-12/h3-4,7H,5-6,12H2,1-2H3. The van der Waals surface area contributed by atoms with Gasteiger partial charge in [0.05, 0.1) is 0 Å². The van der Waals surface area contributed by atoms with Gasteiger partial charge in [-0.15, -0.1) is 0 Å². The number of Topliss-reactive ketones (excluding diaryl/α,β-unsaturated/α-hetero) is 1. The Balaban J connectivity index is 3.10. The van der Waals surface area contributed by atoms with Crippen molar-refractivity contribution in [1.29, 1.82) is 0 Å². The lowest BCUT2D eigenvalue weighted by molar-refractivity contribution is 0.101. The van der Waals surface area contributed by atoms with Crippen LogP contribution in [-0.2, 0) is 6.42 Å². The van der Waals surface area contributed by atoms with Gasteiger partial charge in [-0.2, -0.15) is 0 Å². The molecule has 0 radical (unpaired) electrons. The van der Waals surface area contributed by atoms with Crippen LogP contribution in [0.15, 0.2) is 18.2 Å². The number of rotatable bonds is 3. The fourth-order valence-electron chi connectivity index (χ4n) is 1.43. The summed E-state index contributed by atoms with van der Waals surface area (Å²) in [6, 6.07) is 5.86. The van der Waals surface area contributed by atoms with E-state index in [1.807, 2.05) is 25.1 Å². The van der Waals surface area contributed by atoms with Crippen LogP contribution < -0.4 is 5.73 Å². The van der Waals surface area contributed by atoms with Crippen LogP contribution in [0.4, 0.5) is 0 Å². The molecule has 0 aliphatic rings. The number of aryl methyl sites for hydroxylation is 1. The topological polar surface area (TPSA) is 43.1 Å². The molecule has 1 aromatic rings. The fourth-order valence-corrected chi connectivity index (χ4v) is 1.43. The first-order valence-electron chi connectivity index (χ1n) is 4.45. The van der Waals surface area contributed by atoms with Gasteiger partial charge in [-0.05, 0) is 32.4 Å². The molecule has 70 valence electrons. The van der Waals surface area contributed by atoms with E-state index < -0.39 is 0 Å². The van der Waals surface area contributed by atoms with E-state index in [-0.39, 0.29) is 5.78 Å². The van der Waals surface area contributed by atoms with Gasteiger partial charge in [-0.1, -0.05) is 23.8 Å². The SMILES string of the molecule is CC(=O)c1ccc(C)cc1CCN. The summed E-state index contributed by atoms with van der Waals surface area (Å²) in [5.74, 6) is 0.114. The molecule has 13 heavy (non-hydrogen) atoms. The summed E-state index contributed by atoms with van der Waals surface area (Å²) >= 11 is 0. The van der Waals surface area contributed by atoms with Gasteiger partial charge in [0.25, 0.3) is 0 Å². The molecule has 0 unspecified atom stereocenters. The van der Waals surface area contributed by atoms with E-state index in [9.17, 15) is 4.79 Å². The average molecular weight is 177 g/mol. The molecule has 0 saturated heterocycles. The van der Waals surface area contributed by atoms with Crippen molar-refractivity contribution in [2.24, 2.45) is 5.73 Å². The monoisotopic (exact) mass is 177 g/mol. The van der Waals surface area contributed by atoms with E-state index in [0.29, 0.717) is 6.54 Å². The van der Waals surface area contributed by atoms with Gasteiger partial charge in [0, 0.05) is 5.56 Å². The van der Waals surface area contributed by atoms with Gasteiger partial charge in [0.2, 0.25) is 0 Å². The molecule has 1 aromatic carbocycles. The summed E-state index contributed by atoms with van der Waals surface area (Å²) in [5, 5.41) is 0. The molecule has 0 heterocycles. The van der Waals surface area contributed by atoms with Crippen molar-refractivity contribution >= 4 is 5.78 Å². The number of hydrogen-bond acceptors (Lipinski definition) is 2. The van der Waals surface area contributed by atoms with Crippen molar-refractivity contribution < 1.29 is 4.79 Å². The highest BCUT2D eigenvalue weighted by molar-refractivity contribution is 5.95. The molecule has 0 spiro atoms. The third kappa shape index (κ3) is 2.39. The van der Waals surface area contributed by atoms with E-state index in [2.05, 4.69) is 0 Å². The molecule has 0 aliphatic heterocycles. The van der Waals surface area contributed by atoms with Crippen molar-refractivity contribution in [3.8, 4) is 0 Å². The van der Waals surface area contributed by atoms with Crippen LogP contribution >= 0.6 is 0 Å². The van der Waals surface area contributed by atoms with E-state index in [1.165, 1.54) is 5.56 Å². The van der Waals surface area contributed by atoms with Crippen molar-refractivity contribution in [1.82, 2.24) is 0 Å². The molecule has 0 aliphatic carbocycles. The molecule has 2 heteroatoms. The summed E-state index contributed by atoms with van der Waals surface area (Å²) in [6.45, 7) is 4.19. The molecule has 2 N–H and O–H groups in total. The zero-order chi connectivity index (χ0) is 9.84. The molecular formula is C11H15NO. The van der Waals surface area contributed by atoms with E-state index in [4.69, 9.17) is 5.73 Å². The van der Waals surface area contributed by atoms with Gasteiger partial charge in [0.1, 0.15) is 0 Å². The Morgan fingerprint density at radius 3 is 2.69 bits per heavy atom. The first-order valence-corrected chi connectivity index (χ1v) is 4.45. The first-order chi connectivity index (χ1) is 6.15. The second-order valence-corrected chi connectivity index (χ2v) is 3.26. The molecule has 2 nitrogen and oxygen atoms in total. The Morgan fingerprint density at radius 1 is 1.46 bits per heavy atom. The van der Waals surface area contributed by atoms with Gasteiger partial charge < -0.3 is 5.73 Å². The van der Waals surface area contributed by atoms with Crippen molar-refractivity contribution in [3.05, 3.63) is 34.9 Å². The lowest BCUT2D eigenvalue weighted by Gasteiger charge is -2.06. The lowest BCUT2D eigenvalue weighted by atomic mass is 9.99. The summed E-state index contributed by atoms with van der Waals surface area (Å²) in [5.41, 5.74) is 8.51. The highest BCUT2D eigenvalue weighted by Crippen LogP contribution is 2.12. The Kier molecular flexibility index (Phi) is 3.20. The number of hydrogen-bond donors (Lipinski definition) is 1. The van der Waals surface area contributed by atoms with Gasteiger partial charge in [-0.3, -0.25) is 4.79 Å². The average Bonchev–Trinajstić information content (AvgIpc) is 2.04. The minimum absolute atomic E-state index is 0.114. The predicted octanol–water partition coefficient (Wildman–Crippen LogP) is 1.70. The predicted molar refractivity (Wildman–Crippen MR) is 53.9 cm³/mol. The third-order valence-electron chi connectivity index (χ3n) is 2.05.